The number of aromatic nitrogens is 2. The lowest BCUT2D eigenvalue weighted by Crippen LogP contribution is -2.01. The standard InChI is InChI=1S/C23H18N2/c1-2-10-18(11-3-1)23-24-21-19-12-6-4-8-16(19)14-15-17-9-5-7-13-20(17)22(21)25-23/h1-13H,14-15H2,(H,24,25). The first-order valence-corrected chi connectivity index (χ1v) is 8.72. The Morgan fingerprint density at radius 1 is 0.640 bits per heavy atom. The minimum Gasteiger partial charge on any atom is -0.337 e. The van der Waals surface area contributed by atoms with Crippen molar-refractivity contribution in [2.24, 2.45) is 0 Å². The molecule has 1 heterocycles. The fraction of sp³-hybridized carbons (Fsp3) is 0.0870. The van der Waals surface area contributed by atoms with Gasteiger partial charge in [0.25, 0.3) is 0 Å². The summed E-state index contributed by atoms with van der Waals surface area (Å²) in [5, 5.41) is 0. The van der Waals surface area contributed by atoms with Crippen LogP contribution in [0.1, 0.15) is 11.1 Å². The lowest BCUT2D eigenvalue weighted by Gasteiger charge is -2.16. The Morgan fingerprint density at radius 2 is 1.24 bits per heavy atom. The molecule has 2 nitrogen and oxygen atoms in total. The van der Waals surface area contributed by atoms with Crippen molar-refractivity contribution >= 4 is 0 Å². The lowest BCUT2D eigenvalue weighted by molar-refractivity contribution is 0.958. The number of benzene rings is 3. The van der Waals surface area contributed by atoms with E-state index in [1.807, 2.05) is 6.07 Å². The number of hydrogen-bond acceptors (Lipinski definition) is 1. The van der Waals surface area contributed by atoms with Gasteiger partial charge in [0.1, 0.15) is 5.82 Å². The first kappa shape index (κ1) is 14.2. The van der Waals surface area contributed by atoms with Crippen LogP contribution in [-0.4, -0.2) is 9.97 Å². The third kappa shape index (κ3) is 2.38. The molecular weight excluding hydrogens is 304 g/mol. The maximum atomic E-state index is 5.01. The van der Waals surface area contributed by atoms with Crippen LogP contribution in [0, 0.1) is 0 Å². The molecule has 0 unspecified atom stereocenters. The highest BCUT2D eigenvalue weighted by atomic mass is 14.9. The van der Waals surface area contributed by atoms with E-state index in [0.29, 0.717) is 0 Å². The maximum absolute atomic E-state index is 5.01. The zero-order chi connectivity index (χ0) is 16.6. The Morgan fingerprint density at radius 3 is 2.00 bits per heavy atom. The number of nitrogens with one attached hydrogen (secondary N) is 1. The first-order valence-electron chi connectivity index (χ1n) is 8.72. The van der Waals surface area contributed by atoms with E-state index in [4.69, 9.17) is 4.98 Å². The molecule has 1 aliphatic carbocycles. The highest BCUT2D eigenvalue weighted by molar-refractivity contribution is 5.84. The molecule has 0 atom stereocenters. The average Bonchev–Trinajstić information content (AvgIpc) is 3.11. The van der Waals surface area contributed by atoms with Crippen LogP contribution < -0.4 is 0 Å². The summed E-state index contributed by atoms with van der Waals surface area (Å²) in [4.78, 5) is 8.61. The van der Waals surface area contributed by atoms with Gasteiger partial charge in [-0.05, 0) is 24.0 Å². The lowest BCUT2D eigenvalue weighted by atomic mass is 9.89. The topological polar surface area (TPSA) is 28.7 Å². The Kier molecular flexibility index (Phi) is 3.27. The molecule has 0 saturated carbocycles. The number of nitrogens with zero attached hydrogens (tertiary/aromatic N) is 1. The number of hydrogen-bond donors (Lipinski definition) is 1. The smallest absolute Gasteiger partial charge is 0.138 e. The van der Waals surface area contributed by atoms with Crippen molar-refractivity contribution in [3.8, 4) is 33.9 Å². The van der Waals surface area contributed by atoms with Crippen LogP contribution in [0.3, 0.4) is 0 Å². The van der Waals surface area contributed by atoms with Gasteiger partial charge < -0.3 is 4.98 Å². The normalized spacial score (nSPS) is 12.5. The summed E-state index contributed by atoms with van der Waals surface area (Å²) < 4.78 is 0. The second-order valence-electron chi connectivity index (χ2n) is 6.49. The van der Waals surface area contributed by atoms with E-state index in [2.05, 4.69) is 77.8 Å². The predicted octanol–water partition coefficient (Wildman–Crippen LogP) is 5.51. The highest BCUT2D eigenvalue weighted by Crippen LogP contribution is 2.38. The summed E-state index contributed by atoms with van der Waals surface area (Å²) in [6.07, 6.45) is 2.09. The average molecular weight is 322 g/mol. The van der Waals surface area contributed by atoms with E-state index in [9.17, 15) is 0 Å². The first-order chi connectivity index (χ1) is 12.4. The largest absolute Gasteiger partial charge is 0.337 e. The zero-order valence-corrected chi connectivity index (χ0v) is 13.9. The third-order valence-electron chi connectivity index (χ3n) is 4.97. The molecule has 0 spiro atoms. The minimum atomic E-state index is 0.928. The van der Waals surface area contributed by atoms with Gasteiger partial charge in [0.15, 0.2) is 0 Å². The van der Waals surface area contributed by atoms with Gasteiger partial charge in [0.2, 0.25) is 0 Å². The number of fused-ring (bicyclic) bond motifs is 5. The molecule has 2 heteroatoms. The molecule has 0 fully saturated rings. The fourth-order valence-electron chi connectivity index (χ4n) is 3.72. The summed E-state index contributed by atoms with van der Waals surface area (Å²) in [7, 11) is 0. The number of rotatable bonds is 1. The molecule has 0 aliphatic heterocycles. The second-order valence-corrected chi connectivity index (χ2v) is 6.49. The molecule has 1 aliphatic rings. The fourth-order valence-corrected chi connectivity index (χ4v) is 3.72. The quantitative estimate of drug-likeness (QED) is 0.492. The van der Waals surface area contributed by atoms with Gasteiger partial charge in [-0.25, -0.2) is 4.98 Å². The van der Waals surface area contributed by atoms with Crippen molar-refractivity contribution in [1.29, 1.82) is 0 Å². The van der Waals surface area contributed by atoms with Gasteiger partial charge in [-0.1, -0.05) is 78.9 Å². The number of aryl methyl sites for hydroxylation is 2. The highest BCUT2D eigenvalue weighted by Gasteiger charge is 2.21. The van der Waals surface area contributed by atoms with Crippen molar-refractivity contribution in [2.75, 3.05) is 0 Å². The Labute approximate surface area is 147 Å². The van der Waals surface area contributed by atoms with Gasteiger partial charge >= 0.3 is 0 Å². The molecule has 120 valence electrons. The van der Waals surface area contributed by atoms with E-state index in [-0.39, 0.29) is 0 Å². The number of imidazole rings is 1. The maximum Gasteiger partial charge on any atom is 0.138 e. The minimum absolute atomic E-state index is 0.928. The predicted molar refractivity (Wildman–Crippen MR) is 102 cm³/mol. The van der Waals surface area contributed by atoms with Crippen molar-refractivity contribution in [3.05, 3.63) is 90.0 Å². The van der Waals surface area contributed by atoms with Crippen LogP contribution in [0.5, 0.6) is 0 Å². The van der Waals surface area contributed by atoms with E-state index in [1.165, 1.54) is 22.3 Å². The van der Waals surface area contributed by atoms with Crippen molar-refractivity contribution in [3.63, 3.8) is 0 Å². The van der Waals surface area contributed by atoms with Crippen molar-refractivity contribution < 1.29 is 0 Å². The zero-order valence-electron chi connectivity index (χ0n) is 13.9. The Bertz CT molecular complexity index is 980. The monoisotopic (exact) mass is 322 g/mol. The van der Waals surface area contributed by atoms with E-state index in [1.54, 1.807) is 0 Å². The molecule has 0 saturated heterocycles. The molecule has 1 aromatic heterocycles. The third-order valence-corrected chi connectivity index (χ3v) is 4.97. The van der Waals surface area contributed by atoms with E-state index >= 15 is 0 Å². The van der Waals surface area contributed by atoms with Gasteiger partial charge in [0, 0.05) is 16.7 Å². The Hall–Kier alpha value is -3.13. The van der Waals surface area contributed by atoms with Crippen LogP contribution in [0.25, 0.3) is 33.9 Å². The van der Waals surface area contributed by atoms with Gasteiger partial charge in [-0.3, -0.25) is 0 Å². The van der Waals surface area contributed by atoms with E-state index < -0.39 is 0 Å². The van der Waals surface area contributed by atoms with Crippen molar-refractivity contribution in [1.82, 2.24) is 9.97 Å². The van der Waals surface area contributed by atoms with Crippen LogP contribution in [-0.2, 0) is 12.8 Å². The van der Waals surface area contributed by atoms with E-state index in [0.717, 1.165) is 35.6 Å². The second kappa shape index (κ2) is 5.75. The molecule has 5 rings (SSSR count). The summed E-state index contributed by atoms with van der Waals surface area (Å²) in [6.45, 7) is 0. The van der Waals surface area contributed by atoms with Gasteiger partial charge in [-0.2, -0.15) is 0 Å². The molecule has 3 aromatic carbocycles. The molecule has 1 N–H and O–H groups in total. The van der Waals surface area contributed by atoms with Crippen molar-refractivity contribution in [2.45, 2.75) is 12.8 Å². The van der Waals surface area contributed by atoms with Gasteiger partial charge in [0.05, 0.1) is 11.4 Å². The molecule has 4 aromatic rings. The van der Waals surface area contributed by atoms with Crippen LogP contribution in [0.15, 0.2) is 78.9 Å². The summed E-state index contributed by atoms with van der Waals surface area (Å²) in [6, 6.07) is 27.7. The molecule has 0 amide bonds. The summed E-state index contributed by atoms with van der Waals surface area (Å²) in [5.74, 6) is 0.928. The SMILES string of the molecule is c1ccc(-c2nc3c([nH]2)-c2ccccc2CCc2ccccc2-3)cc1. The molecule has 0 radical (unpaired) electrons. The number of H-pyrrole nitrogens is 1. The van der Waals surface area contributed by atoms with Gasteiger partial charge in [-0.15, -0.1) is 0 Å². The molecule has 25 heavy (non-hydrogen) atoms. The molecular formula is C23H18N2. The number of aromatic amines is 1. The van der Waals surface area contributed by atoms with Crippen LogP contribution in [0.2, 0.25) is 0 Å². The van der Waals surface area contributed by atoms with Crippen LogP contribution >= 0.6 is 0 Å². The summed E-state index contributed by atoms with van der Waals surface area (Å²) in [5.41, 5.74) is 8.55. The van der Waals surface area contributed by atoms with Crippen LogP contribution in [0.4, 0.5) is 0 Å². The summed E-state index contributed by atoms with van der Waals surface area (Å²) >= 11 is 0. The Balaban J connectivity index is 1.81. The molecule has 0 bridgehead atoms.